The third kappa shape index (κ3) is 3.95. The topological polar surface area (TPSA) is 118 Å². The highest BCUT2D eigenvalue weighted by atomic mass is 35.5. The molecule has 0 saturated carbocycles. The number of halogens is 1. The monoisotopic (exact) mass is 368 g/mol. The second kappa shape index (κ2) is 7.18. The minimum atomic E-state index is -0.897. The van der Waals surface area contributed by atoms with Crippen LogP contribution in [0.3, 0.4) is 0 Å². The maximum atomic E-state index is 12.1. The number of carbonyl (C=O) groups is 3. The van der Waals surface area contributed by atoms with Crippen LogP contribution in [0.1, 0.15) is 32.6 Å². The summed E-state index contributed by atoms with van der Waals surface area (Å²) in [4.78, 5) is 54.2. The molecule has 25 heavy (non-hydrogen) atoms. The predicted molar refractivity (Wildman–Crippen MR) is 86.5 cm³/mol. The number of carbonyl (C=O) groups excluding carboxylic acids is 3. The Balaban J connectivity index is 1.65. The molecule has 2 amide bonds. The van der Waals surface area contributed by atoms with E-state index in [1.165, 1.54) is 6.92 Å². The Morgan fingerprint density at radius 1 is 1.16 bits per heavy atom. The third-order valence-electron chi connectivity index (χ3n) is 3.87. The minimum absolute atomic E-state index is 0.00451. The lowest BCUT2D eigenvalue weighted by molar-refractivity contribution is -0.197. The Kier molecular flexibility index (Phi) is 4.98. The molecule has 2 aliphatic heterocycles. The van der Waals surface area contributed by atoms with E-state index in [1.807, 2.05) is 4.90 Å². The van der Waals surface area contributed by atoms with Crippen molar-refractivity contribution >= 4 is 41.3 Å². The van der Waals surface area contributed by atoms with Gasteiger partial charge in [0, 0.05) is 25.9 Å². The average Bonchev–Trinajstić information content (AvgIpc) is 3.20. The minimum Gasteiger partial charge on any atom is -0.341 e. The summed E-state index contributed by atoms with van der Waals surface area (Å²) in [5.74, 6) is -1.33. The van der Waals surface area contributed by atoms with Crippen LogP contribution < -0.4 is 10.2 Å². The van der Waals surface area contributed by atoms with Crippen LogP contribution >= 0.6 is 11.6 Å². The summed E-state index contributed by atoms with van der Waals surface area (Å²) < 4.78 is 0. The molecule has 134 valence electrons. The Morgan fingerprint density at radius 3 is 2.44 bits per heavy atom. The molecule has 3 rings (SSSR count). The molecule has 1 atom stereocenters. The van der Waals surface area contributed by atoms with Crippen LogP contribution in [0.15, 0.2) is 0 Å². The molecular formula is C14H17ClN6O4. The molecule has 1 N–H and O–H groups in total. The van der Waals surface area contributed by atoms with Gasteiger partial charge in [0.2, 0.25) is 17.2 Å². The van der Waals surface area contributed by atoms with Crippen LogP contribution in [0.25, 0.3) is 0 Å². The summed E-state index contributed by atoms with van der Waals surface area (Å²) in [6.45, 7) is 3.16. The van der Waals surface area contributed by atoms with E-state index in [0.717, 1.165) is 25.9 Å². The van der Waals surface area contributed by atoms with Gasteiger partial charge in [-0.15, -0.1) is 5.06 Å². The Morgan fingerprint density at radius 2 is 1.80 bits per heavy atom. The quantitative estimate of drug-likeness (QED) is 0.742. The van der Waals surface area contributed by atoms with E-state index in [4.69, 9.17) is 16.4 Å². The molecule has 11 heteroatoms. The van der Waals surface area contributed by atoms with E-state index in [2.05, 4.69) is 20.3 Å². The largest absolute Gasteiger partial charge is 0.354 e. The molecule has 2 saturated heterocycles. The van der Waals surface area contributed by atoms with Crippen LogP contribution in [0, 0.1) is 0 Å². The fourth-order valence-corrected chi connectivity index (χ4v) is 2.70. The average molecular weight is 369 g/mol. The van der Waals surface area contributed by atoms with Crippen molar-refractivity contribution in [2.75, 3.05) is 23.3 Å². The van der Waals surface area contributed by atoms with Crippen LogP contribution in [-0.2, 0) is 19.2 Å². The summed E-state index contributed by atoms with van der Waals surface area (Å²) in [5.41, 5.74) is 0. The number of hydroxylamine groups is 2. The molecule has 10 nitrogen and oxygen atoms in total. The van der Waals surface area contributed by atoms with Crippen molar-refractivity contribution < 1.29 is 19.2 Å². The summed E-state index contributed by atoms with van der Waals surface area (Å²) in [5, 5.41) is 3.25. The summed E-state index contributed by atoms with van der Waals surface area (Å²) in [7, 11) is 0. The fraction of sp³-hybridized carbons (Fsp3) is 0.571. The molecule has 0 spiro atoms. The van der Waals surface area contributed by atoms with Gasteiger partial charge in [0.1, 0.15) is 6.04 Å². The lowest BCUT2D eigenvalue weighted by Crippen LogP contribution is -2.38. The van der Waals surface area contributed by atoms with Gasteiger partial charge in [-0.1, -0.05) is 0 Å². The van der Waals surface area contributed by atoms with Gasteiger partial charge in [0.15, 0.2) is 0 Å². The second-order valence-corrected chi connectivity index (χ2v) is 6.12. The second-order valence-electron chi connectivity index (χ2n) is 5.78. The van der Waals surface area contributed by atoms with E-state index >= 15 is 0 Å². The van der Waals surface area contributed by atoms with E-state index < -0.39 is 23.8 Å². The smallest absolute Gasteiger partial charge is 0.341 e. The molecule has 2 fully saturated rings. The maximum Gasteiger partial charge on any atom is 0.354 e. The van der Waals surface area contributed by atoms with Gasteiger partial charge >= 0.3 is 5.97 Å². The summed E-state index contributed by atoms with van der Waals surface area (Å²) in [6, 6.07) is -0.897. The Hall–Kier alpha value is -2.49. The van der Waals surface area contributed by atoms with E-state index in [-0.39, 0.29) is 24.1 Å². The third-order valence-corrected chi connectivity index (χ3v) is 4.04. The number of nitrogens with one attached hydrogen (secondary N) is 1. The zero-order chi connectivity index (χ0) is 18.0. The lowest BCUT2D eigenvalue weighted by atomic mass is 10.3. The molecule has 0 aromatic carbocycles. The molecule has 0 aliphatic carbocycles. The number of aromatic nitrogens is 3. The highest BCUT2D eigenvalue weighted by molar-refractivity contribution is 6.28. The predicted octanol–water partition coefficient (Wildman–Crippen LogP) is 0.533. The van der Waals surface area contributed by atoms with Gasteiger partial charge in [-0.2, -0.15) is 15.0 Å². The maximum absolute atomic E-state index is 12.1. The van der Waals surface area contributed by atoms with Gasteiger partial charge in [-0.3, -0.25) is 9.59 Å². The molecule has 2 aliphatic rings. The molecular weight excluding hydrogens is 352 g/mol. The van der Waals surface area contributed by atoms with Crippen molar-refractivity contribution in [2.24, 2.45) is 0 Å². The van der Waals surface area contributed by atoms with Crippen molar-refractivity contribution in [3.8, 4) is 0 Å². The number of rotatable bonds is 5. The van der Waals surface area contributed by atoms with E-state index in [0.29, 0.717) is 11.0 Å². The first kappa shape index (κ1) is 17.3. The van der Waals surface area contributed by atoms with Crippen LogP contribution in [0.2, 0.25) is 5.28 Å². The summed E-state index contributed by atoms with van der Waals surface area (Å²) >= 11 is 5.92. The van der Waals surface area contributed by atoms with Crippen LogP contribution in [0.4, 0.5) is 11.9 Å². The first-order chi connectivity index (χ1) is 11.9. The van der Waals surface area contributed by atoms with Gasteiger partial charge in [0.05, 0.1) is 0 Å². The molecule has 0 unspecified atom stereocenters. The number of amides is 2. The van der Waals surface area contributed by atoms with Crippen molar-refractivity contribution in [1.82, 2.24) is 20.0 Å². The van der Waals surface area contributed by atoms with E-state index in [9.17, 15) is 14.4 Å². The van der Waals surface area contributed by atoms with Gasteiger partial charge < -0.3 is 15.1 Å². The number of hydrogen-bond acceptors (Lipinski definition) is 9. The van der Waals surface area contributed by atoms with Gasteiger partial charge in [-0.25, -0.2) is 4.79 Å². The number of imide groups is 1. The van der Waals surface area contributed by atoms with Gasteiger partial charge in [-0.05, 0) is 31.4 Å². The first-order valence-electron chi connectivity index (χ1n) is 7.94. The fourth-order valence-electron chi connectivity index (χ4n) is 2.54. The van der Waals surface area contributed by atoms with Crippen LogP contribution in [0.5, 0.6) is 0 Å². The Labute approximate surface area is 148 Å². The van der Waals surface area contributed by atoms with Crippen molar-refractivity contribution in [1.29, 1.82) is 0 Å². The normalized spacial score (nSPS) is 18.6. The Bertz CT molecular complexity index is 693. The first-order valence-corrected chi connectivity index (χ1v) is 8.32. The molecule has 1 aromatic heterocycles. The number of anilines is 2. The van der Waals surface area contributed by atoms with Crippen molar-refractivity contribution in [2.45, 2.75) is 38.6 Å². The zero-order valence-corrected chi connectivity index (χ0v) is 14.3. The van der Waals surface area contributed by atoms with E-state index in [1.54, 1.807) is 0 Å². The molecule has 3 heterocycles. The number of hydrogen-bond donors (Lipinski definition) is 1. The number of nitrogens with zero attached hydrogens (tertiary/aromatic N) is 5. The standard InChI is InChI=1S/C14H17ClN6O4/c1-8(11(24)25-21-9(22)4-5-10(21)23)16-13-17-12(15)18-14(19-13)20-6-2-3-7-20/h8H,2-7H2,1H3,(H,16,17,18,19)/t8-/m1/s1. The zero-order valence-electron chi connectivity index (χ0n) is 13.6. The molecule has 0 bridgehead atoms. The van der Waals surface area contributed by atoms with Crippen molar-refractivity contribution in [3.63, 3.8) is 0 Å². The van der Waals surface area contributed by atoms with Crippen molar-refractivity contribution in [3.05, 3.63) is 5.28 Å². The SMILES string of the molecule is C[C@@H](Nc1nc(Cl)nc(N2CCCC2)n1)C(=O)ON1C(=O)CCC1=O. The highest BCUT2D eigenvalue weighted by Crippen LogP contribution is 2.19. The highest BCUT2D eigenvalue weighted by Gasteiger charge is 2.34. The summed E-state index contributed by atoms with van der Waals surface area (Å²) in [6.07, 6.45) is 2.17. The molecule has 0 radical (unpaired) electrons. The van der Waals surface area contributed by atoms with Crippen LogP contribution in [-0.4, -0.2) is 56.9 Å². The van der Waals surface area contributed by atoms with Gasteiger partial charge in [0.25, 0.3) is 11.8 Å². The molecule has 1 aromatic rings. The lowest BCUT2D eigenvalue weighted by Gasteiger charge is -2.18.